The van der Waals surface area contributed by atoms with Gasteiger partial charge in [-0.2, -0.15) is 0 Å². The molecule has 0 aromatic carbocycles. The van der Waals surface area contributed by atoms with Crippen LogP contribution in [0.3, 0.4) is 0 Å². The van der Waals surface area contributed by atoms with E-state index in [-0.39, 0.29) is 34.8 Å². The van der Waals surface area contributed by atoms with Crippen LogP contribution in [-0.2, 0) is 19.1 Å². The summed E-state index contributed by atoms with van der Waals surface area (Å²) in [5.74, 6) is -4.39. The third kappa shape index (κ3) is 1.73. The molecule has 8 heteroatoms. The van der Waals surface area contributed by atoms with E-state index in [9.17, 15) is 9.59 Å². The minimum absolute atomic E-state index is 0.00423. The van der Waals surface area contributed by atoms with E-state index in [0.29, 0.717) is 0 Å². The minimum Gasteiger partial charge on any atom is -0.346 e. The maximum Gasteiger partial charge on any atom is 0.219 e. The van der Waals surface area contributed by atoms with Crippen LogP contribution in [0.2, 0.25) is 0 Å². The normalized spacial score (nSPS) is 41.0. The van der Waals surface area contributed by atoms with Crippen molar-refractivity contribution in [2.45, 2.75) is 29.4 Å². The fourth-order valence-electron chi connectivity index (χ4n) is 3.98. The standard InChI is InChI=1S/C15H14Cl4O4/c1-3-22-15(23-4-2)13(18)9-7(20)5-6-8(21)10(9)14(15,19)12(17)11(13)16/h5-6,9-10H,3-4H2,1-2H3. The van der Waals surface area contributed by atoms with E-state index < -0.39 is 27.4 Å². The highest BCUT2D eigenvalue weighted by molar-refractivity contribution is 6.53. The molecule has 0 aromatic rings. The first-order valence-electron chi connectivity index (χ1n) is 7.21. The highest BCUT2D eigenvalue weighted by Crippen LogP contribution is 2.74. The molecule has 0 N–H and O–H groups in total. The van der Waals surface area contributed by atoms with Crippen molar-refractivity contribution in [3.05, 3.63) is 22.2 Å². The smallest absolute Gasteiger partial charge is 0.219 e. The van der Waals surface area contributed by atoms with Crippen molar-refractivity contribution in [2.24, 2.45) is 11.8 Å². The van der Waals surface area contributed by atoms with Gasteiger partial charge in [-0.05, 0) is 26.0 Å². The number of hydrogen-bond donors (Lipinski definition) is 0. The van der Waals surface area contributed by atoms with Gasteiger partial charge in [-0.25, -0.2) is 0 Å². The summed E-state index contributed by atoms with van der Waals surface area (Å²) in [5.41, 5.74) is 0. The maximum absolute atomic E-state index is 12.5. The number of alkyl halides is 2. The minimum atomic E-state index is -1.70. The Bertz CT molecular complexity index is 604. The number of ether oxygens (including phenoxy) is 2. The van der Waals surface area contributed by atoms with Crippen LogP contribution in [0.4, 0.5) is 0 Å². The zero-order valence-corrected chi connectivity index (χ0v) is 15.4. The van der Waals surface area contributed by atoms with Crippen molar-refractivity contribution < 1.29 is 19.1 Å². The number of fused-ring (bicyclic) bond motifs is 5. The van der Waals surface area contributed by atoms with Gasteiger partial charge >= 0.3 is 0 Å². The Hall–Kier alpha value is -0.100. The Morgan fingerprint density at radius 2 is 1.26 bits per heavy atom. The van der Waals surface area contributed by atoms with Crippen molar-refractivity contribution in [1.82, 2.24) is 0 Å². The predicted octanol–water partition coefficient (Wildman–Crippen LogP) is 3.37. The molecule has 0 aromatic heterocycles. The maximum atomic E-state index is 12.5. The Labute approximate surface area is 153 Å². The van der Waals surface area contributed by atoms with Gasteiger partial charge in [0.05, 0.1) is 21.9 Å². The highest BCUT2D eigenvalue weighted by Gasteiger charge is 2.87. The second-order valence-corrected chi connectivity index (χ2v) is 7.58. The van der Waals surface area contributed by atoms with Crippen LogP contribution in [0, 0.1) is 11.8 Å². The lowest BCUT2D eigenvalue weighted by Gasteiger charge is -2.42. The number of allylic oxidation sites excluding steroid dienone is 2. The van der Waals surface area contributed by atoms with Gasteiger partial charge in [0.2, 0.25) is 5.79 Å². The molecule has 3 aliphatic carbocycles. The molecule has 4 unspecified atom stereocenters. The molecule has 4 atom stereocenters. The molecular formula is C15H14Cl4O4. The van der Waals surface area contributed by atoms with E-state index in [2.05, 4.69) is 0 Å². The Balaban J connectivity index is 2.34. The van der Waals surface area contributed by atoms with Crippen molar-refractivity contribution >= 4 is 58.0 Å². The molecule has 1 saturated carbocycles. The van der Waals surface area contributed by atoms with Gasteiger partial charge in [0.1, 0.15) is 9.75 Å². The molecule has 3 aliphatic rings. The molecule has 0 aliphatic heterocycles. The van der Waals surface area contributed by atoms with E-state index >= 15 is 0 Å². The number of carbonyl (C=O) groups excluding carboxylic acids is 2. The van der Waals surface area contributed by atoms with Crippen LogP contribution < -0.4 is 0 Å². The molecule has 23 heavy (non-hydrogen) atoms. The van der Waals surface area contributed by atoms with E-state index in [1.54, 1.807) is 13.8 Å². The third-order valence-corrected chi connectivity index (χ3v) is 7.31. The summed E-state index contributed by atoms with van der Waals surface area (Å²) in [6, 6.07) is 0. The number of ketones is 2. The van der Waals surface area contributed by atoms with Crippen LogP contribution >= 0.6 is 46.4 Å². The predicted molar refractivity (Wildman–Crippen MR) is 88.0 cm³/mol. The van der Waals surface area contributed by atoms with Crippen molar-refractivity contribution in [2.75, 3.05) is 13.2 Å². The largest absolute Gasteiger partial charge is 0.346 e. The number of halogens is 4. The average Bonchev–Trinajstić information content (AvgIpc) is 2.75. The fourth-order valence-corrected chi connectivity index (χ4v) is 6.07. The topological polar surface area (TPSA) is 52.6 Å². The first-order valence-corrected chi connectivity index (χ1v) is 8.72. The SMILES string of the molecule is CCOC1(OCC)C2(Cl)C(Cl)=C(Cl)C1(Cl)C1C(=O)C=CC(=O)C12. The van der Waals surface area contributed by atoms with Crippen molar-refractivity contribution in [1.29, 1.82) is 0 Å². The van der Waals surface area contributed by atoms with Gasteiger partial charge in [0.25, 0.3) is 0 Å². The van der Waals surface area contributed by atoms with E-state index in [1.165, 1.54) is 12.2 Å². The van der Waals surface area contributed by atoms with E-state index in [4.69, 9.17) is 55.9 Å². The van der Waals surface area contributed by atoms with E-state index in [0.717, 1.165) is 0 Å². The van der Waals surface area contributed by atoms with Crippen LogP contribution in [0.1, 0.15) is 13.8 Å². The quantitative estimate of drug-likeness (QED) is 0.537. The molecule has 0 spiro atoms. The summed E-state index contributed by atoms with van der Waals surface area (Å²) >= 11 is 26.4. The van der Waals surface area contributed by atoms with Gasteiger partial charge in [-0.1, -0.05) is 23.2 Å². The summed E-state index contributed by atoms with van der Waals surface area (Å²) < 4.78 is 11.6. The molecule has 0 radical (unpaired) electrons. The first-order chi connectivity index (χ1) is 10.7. The summed E-state index contributed by atoms with van der Waals surface area (Å²) in [4.78, 5) is 21.7. The lowest BCUT2D eigenvalue weighted by atomic mass is 9.74. The first kappa shape index (κ1) is 17.7. The molecule has 0 saturated heterocycles. The Morgan fingerprint density at radius 1 is 0.913 bits per heavy atom. The molecule has 126 valence electrons. The molecule has 0 heterocycles. The fraction of sp³-hybridized carbons (Fsp3) is 0.600. The zero-order valence-electron chi connectivity index (χ0n) is 12.4. The highest BCUT2D eigenvalue weighted by atomic mass is 35.5. The van der Waals surface area contributed by atoms with Gasteiger partial charge in [-0.3, -0.25) is 9.59 Å². The molecule has 1 fully saturated rings. The average molecular weight is 400 g/mol. The van der Waals surface area contributed by atoms with Gasteiger partial charge < -0.3 is 9.47 Å². The molecular weight excluding hydrogens is 386 g/mol. The van der Waals surface area contributed by atoms with Gasteiger partial charge in [0.15, 0.2) is 11.6 Å². The summed E-state index contributed by atoms with van der Waals surface area (Å²) in [6.45, 7) is 3.83. The zero-order chi connectivity index (χ0) is 17.2. The monoisotopic (exact) mass is 398 g/mol. The second kappa shape index (κ2) is 5.45. The Kier molecular flexibility index (Phi) is 4.20. The molecule has 3 rings (SSSR count). The third-order valence-electron chi connectivity index (χ3n) is 4.70. The van der Waals surface area contributed by atoms with E-state index in [1.807, 2.05) is 0 Å². The lowest BCUT2D eigenvalue weighted by molar-refractivity contribution is -0.245. The van der Waals surface area contributed by atoms with Crippen LogP contribution in [0.15, 0.2) is 22.2 Å². The second-order valence-electron chi connectivity index (χ2n) is 5.63. The summed E-state index contributed by atoms with van der Waals surface area (Å²) in [5, 5.41) is -0.00846. The molecule has 2 bridgehead atoms. The molecule has 4 nitrogen and oxygen atoms in total. The Morgan fingerprint density at radius 3 is 1.57 bits per heavy atom. The van der Waals surface area contributed by atoms with Gasteiger partial charge in [0, 0.05) is 13.2 Å². The number of hydrogen-bond acceptors (Lipinski definition) is 4. The summed E-state index contributed by atoms with van der Waals surface area (Å²) in [6.07, 6.45) is 2.38. The lowest BCUT2D eigenvalue weighted by Crippen LogP contribution is -2.59. The molecule has 0 amide bonds. The van der Waals surface area contributed by atoms with Gasteiger partial charge in [-0.15, -0.1) is 23.2 Å². The van der Waals surface area contributed by atoms with Crippen LogP contribution in [0.25, 0.3) is 0 Å². The number of carbonyl (C=O) groups is 2. The summed E-state index contributed by atoms with van der Waals surface area (Å²) in [7, 11) is 0. The van der Waals surface area contributed by atoms with Crippen LogP contribution in [-0.4, -0.2) is 40.3 Å². The number of rotatable bonds is 4. The van der Waals surface area contributed by atoms with Crippen molar-refractivity contribution in [3.8, 4) is 0 Å². The van der Waals surface area contributed by atoms with Crippen LogP contribution in [0.5, 0.6) is 0 Å². The van der Waals surface area contributed by atoms with Crippen molar-refractivity contribution in [3.63, 3.8) is 0 Å².